The summed E-state index contributed by atoms with van der Waals surface area (Å²) >= 11 is 0. The Balaban J connectivity index is 1.90. The van der Waals surface area contributed by atoms with Gasteiger partial charge in [0.05, 0.1) is 22.4 Å². The summed E-state index contributed by atoms with van der Waals surface area (Å²) in [6.45, 7) is 1.95. The summed E-state index contributed by atoms with van der Waals surface area (Å²) in [7, 11) is 0. The van der Waals surface area contributed by atoms with E-state index in [1.165, 1.54) is 0 Å². The van der Waals surface area contributed by atoms with Gasteiger partial charge in [-0.25, -0.2) is 0 Å². The molecule has 2 aromatic heterocycles. The molecule has 0 saturated heterocycles. The molecule has 0 aliphatic carbocycles. The molecule has 4 N–H and O–H groups in total. The molecule has 0 bridgehead atoms. The molecule has 5 heteroatoms. The van der Waals surface area contributed by atoms with Gasteiger partial charge in [0, 0.05) is 6.20 Å². The van der Waals surface area contributed by atoms with Gasteiger partial charge < -0.3 is 16.0 Å². The molecule has 0 radical (unpaired) electrons. The molecule has 20 heavy (non-hydrogen) atoms. The van der Waals surface area contributed by atoms with E-state index in [4.69, 9.17) is 5.73 Å². The molecule has 1 aromatic carbocycles. The highest BCUT2D eigenvalue weighted by molar-refractivity contribution is 6.06. The molecular weight excluding hydrogens is 252 g/mol. The minimum atomic E-state index is -0.236. The molecule has 0 aliphatic rings. The first-order valence-electron chi connectivity index (χ1n) is 6.25. The number of hydrogen-bond donors (Lipinski definition) is 3. The van der Waals surface area contributed by atoms with Crippen molar-refractivity contribution in [3.63, 3.8) is 0 Å². The molecule has 2 heterocycles. The largest absolute Gasteiger partial charge is 0.397 e. The van der Waals surface area contributed by atoms with Gasteiger partial charge in [0.1, 0.15) is 5.69 Å². The third-order valence-corrected chi connectivity index (χ3v) is 3.09. The minimum Gasteiger partial charge on any atom is -0.397 e. The van der Waals surface area contributed by atoms with Crippen LogP contribution in [0.2, 0.25) is 0 Å². The second-order valence-electron chi connectivity index (χ2n) is 4.66. The molecule has 0 saturated carbocycles. The third-order valence-electron chi connectivity index (χ3n) is 3.09. The number of pyridine rings is 1. The molecule has 0 unspecified atom stereocenters. The van der Waals surface area contributed by atoms with E-state index in [0.29, 0.717) is 17.1 Å². The topological polar surface area (TPSA) is 83.8 Å². The zero-order valence-electron chi connectivity index (χ0n) is 11.0. The van der Waals surface area contributed by atoms with Gasteiger partial charge in [-0.2, -0.15) is 0 Å². The Morgan fingerprint density at radius 3 is 2.95 bits per heavy atom. The maximum atomic E-state index is 12.2. The molecule has 0 aliphatic heterocycles. The standard InChI is InChI=1S/C15H14N4O/c1-9-4-5-10(16)12(7-9)19-15(20)14-8-13-11(18-14)3-2-6-17-13/h2-8,18H,16H2,1H3,(H,19,20). The Kier molecular flexibility index (Phi) is 2.87. The van der Waals surface area contributed by atoms with E-state index >= 15 is 0 Å². The van der Waals surface area contributed by atoms with Crippen molar-refractivity contribution in [2.75, 3.05) is 11.1 Å². The number of carbonyl (C=O) groups is 1. The van der Waals surface area contributed by atoms with Crippen LogP contribution in [0.5, 0.6) is 0 Å². The number of nitrogens with one attached hydrogen (secondary N) is 2. The Bertz CT molecular complexity index is 758. The summed E-state index contributed by atoms with van der Waals surface area (Å²) in [4.78, 5) is 19.4. The summed E-state index contributed by atoms with van der Waals surface area (Å²) < 4.78 is 0. The van der Waals surface area contributed by atoms with Crippen molar-refractivity contribution in [2.24, 2.45) is 0 Å². The first kappa shape index (κ1) is 12.2. The number of aryl methyl sites for hydroxylation is 1. The SMILES string of the molecule is Cc1ccc(N)c(NC(=O)c2cc3ncccc3[nH]2)c1. The fourth-order valence-electron chi connectivity index (χ4n) is 2.05. The van der Waals surface area contributed by atoms with Gasteiger partial charge in [0.2, 0.25) is 0 Å². The average molecular weight is 266 g/mol. The van der Waals surface area contributed by atoms with Crippen molar-refractivity contribution >= 4 is 28.3 Å². The highest BCUT2D eigenvalue weighted by Gasteiger charge is 2.11. The number of anilines is 2. The maximum absolute atomic E-state index is 12.2. The predicted molar refractivity (Wildman–Crippen MR) is 79.6 cm³/mol. The summed E-state index contributed by atoms with van der Waals surface area (Å²) in [5.74, 6) is -0.236. The Morgan fingerprint density at radius 2 is 2.15 bits per heavy atom. The molecule has 100 valence electrons. The summed E-state index contributed by atoms with van der Waals surface area (Å²) in [5.41, 5.74) is 10.1. The number of rotatable bonds is 2. The number of carbonyl (C=O) groups excluding carboxylic acids is 1. The molecule has 0 spiro atoms. The highest BCUT2D eigenvalue weighted by Crippen LogP contribution is 2.21. The van der Waals surface area contributed by atoms with Gasteiger partial charge in [0.15, 0.2) is 0 Å². The van der Waals surface area contributed by atoms with Crippen LogP contribution in [0.1, 0.15) is 16.1 Å². The number of nitrogens with zero attached hydrogens (tertiary/aromatic N) is 1. The number of benzene rings is 1. The van der Waals surface area contributed by atoms with E-state index in [1.807, 2.05) is 31.2 Å². The van der Waals surface area contributed by atoms with Crippen molar-refractivity contribution < 1.29 is 4.79 Å². The van der Waals surface area contributed by atoms with Gasteiger partial charge in [-0.3, -0.25) is 9.78 Å². The van der Waals surface area contributed by atoms with Crippen LogP contribution in [-0.2, 0) is 0 Å². The predicted octanol–water partition coefficient (Wildman–Crippen LogP) is 2.71. The van der Waals surface area contributed by atoms with Crippen molar-refractivity contribution in [1.29, 1.82) is 0 Å². The zero-order valence-corrected chi connectivity index (χ0v) is 11.0. The number of aromatic nitrogens is 2. The molecule has 3 aromatic rings. The van der Waals surface area contributed by atoms with Crippen LogP contribution in [0.25, 0.3) is 11.0 Å². The lowest BCUT2D eigenvalue weighted by atomic mass is 10.2. The number of hydrogen-bond acceptors (Lipinski definition) is 3. The fourth-order valence-corrected chi connectivity index (χ4v) is 2.05. The molecular formula is C15H14N4O. The number of amides is 1. The number of H-pyrrole nitrogens is 1. The molecule has 5 nitrogen and oxygen atoms in total. The van der Waals surface area contributed by atoms with E-state index in [-0.39, 0.29) is 5.91 Å². The number of nitrogen functional groups attached to an aromatic ring is 1. The van der Waals surface area contributed by atoms with Crippen LogP contribution in [0, 0.1) is 6.92 Å². The van der Waals surface area contributed by atoms with E-state index in [0.717, 1.165) is 16.6 Å². The molecule has 0 fully saturated rings. The van der Waals surface area contributed by atoms with E-state index < -0.39 is 0 Å². The molecule has 3 rings (SSSR count). The van der Waals surface area contributed by atoms with Crippen LogP contribution in [0.3, 0.4) is 0 Å². The summed E-state index contributed by atoms with van der Waals surface area (Å²) in [6, 6.07) is 10.9. The lowest BCUT2D eigenvalue weighted by Gasteiger charge is -2.08. The zero-order chi connectivity index (χ0) is 14.1. The quantitative estimate of drug-likeness (QED) is 0.623. The van der Waals surface area contributed by atoms with Crippen LogP contribution >= 0.6 is 0 Å². The summed E-state index contributed by atoms with van der Waals surface area (Å²) in [6.07, 6.45) is 1.69. The fraction of sp³-hybridized carbons (Fsp3) is 0.0667. The second-order valence-corrected chi connectivity index (χ2v) is 4.66. The van der Waals surface area contributed by atoms with Crippen molar-refractivity contribution in [2.45, 2.75) is 6.92 Å². The average Bonchev–Trinajstić information content (AvgIpc) is 2.87. The van der Waals surface area contributed by atoms with Gasteiger partial charge in [-0.1, -0.05) is 6.07 Å². The first-order valence-corrected chi connectivity index (χ1v) is 6.25. The summed E-state index contributed by atoms with van der Waals surface area (Å²) in [5, 5.41) is 2.81. The van der Waals surface area contributed by atoms with Gasteiger partial charge in [-0.15, -0.1) is 0 Å². The molecule has 0 atom stereocenters. The number of aromatic amines is 1. The van der Waals surface area contributed by atoms with Crippen LogP contribution in [-0.4, -0.2) is 15.9 Å². The van der Waals surface area contributed by atoms with Crippen molar-refractivity contribution in [3.05, 3.63) is 53.9 Å². The highest BCUT2D eigenvalue weighted by atomic mass is 16.1. The minimum absolute atomic E-state index is 0.236. The van der Waals surface area contributed by atoms with E-state index in [9.17, 15) is 4.79 Å². The molecule has 1 amide bonds. The van der Waals surface area contributed by atoms with Crippen LogP contribution in [0.15, 0.2) is 42.6 Å². The third kappa shape index (κ3) is 2.21. The lowest BCUT2D eigenvalue weighted by Crippen LogP contribution is -2.13. The Hall–Kier alpha value is -2.82. The Morgan fingerprint density at radius 1 is 1.30 bits per heavy atom. The van der Waals surface area contributed by atoms with E-state index in [2.05, 4.69) is 15.3 Å². The monoisotopic (exact) mass is 266 g/mol. The van der Waals surface area contributed by atoms with Crippen LogP contribution in [0.4, 0.5) is 11.4 Å². The van der Waals surface area contributed by atoms with Crippen molar-refractivity contribution in [3.8, 4) is 0 Å². The second kappa shape index (κ2) is 4.70. The normalized spacial score (nSPS) is 10.7. The Labute approximate surface area is 115 Å². The lowest BCUT2D eigenvalue weighted by molar-refractivity contribution is 0.102. The van der Waals surface area contributed by atoms with Gasteiger partial charge >= 0.3 is 0 Å². The van der Waals surface area contributed by atoms with E-state index in [1.54, 1.807) is 18.3 Å². The van der Waals surface area contributed by atoms with Crippen molar-refractivity contribution in [1.82, 2.24) is 9.97 Å². The number of nitrogens with two attached hydrogens (primary N) is 1. The first-order chi connectivity index (χ1) is 9.63. The smallest absolute Gasteiger partial charge is 0.272 e. The van der Waals surface area contributed by atoms with Crippen LogP contribution < -0.4 is 11.1 Å². The van der Waals surface area contributed by atoms with Gasteiger partial charge in [0.25, 0.3) is 5.91 Å². The number of fused-ring (bicyclic) bond motifs is 1. The maximum Gasteiger partial charge on any atom is 0.272 e. The van der Waals surface area contributed by atoms with Gasteiger partial charge in [-0.05, 0) is 42.8 Å².